The van der Waals surface area contributed by atoms with Gasteiger partial charge in [-0.25, -0.2) is 14.4 Å². The zero-order chi connectivity index (χ0) is 22.1. The van der Waals surface area contributed by atoms with E-state index in [9.17, 15) is 4.39 Å². The number of nitrogens with zero attached hydrogens (tertiary/aromatic N) is 4. The van der Waals surface area contributed by atoms with Gasteiger partial charge in [0, 0.05) is 41.7 Å². The van der Waals surface area contributed by atoms with E-state index >= 15 is 0 Å². The maximum Gasteiger partial charge on any atom is 0.136 e. The standard InChI is InChI=1S/C25H23FN6/c1-3-23-29-14-20(31-23)13-28-19-11-21(18-5-7-24-27-8-9-32(24)15-18)25(30-12-19)17-4-6-22(26)16(2)10-17/h4-12,14-15,28H,3,13H2,1-2H3,(H,29,31). The lowest BCUT2D eigenvalue weighted by atomic mass is 9.99. The first kappa shape index (κ1) is 19.9. The van der Waals surface area contributed by atoms with Crippen LogP contribution in [0.15, 0.2) is 67.4 Å². The first-order valence-electron chi connectivity index (χ1n) is 10.6. The molecule has 7 heteroatoms. The van der Waals surface area contributed by atoms with Crippen LogP contribution in [0.1, 0.15) is 24.0 Å². The fourth-order valence-electron chi connectivity index (χ4n) is 3.76. The molecule has 2 N–H and O–H groups in total. The average molecular weight is 426 g/mol. The lowest BCUT2D eigenvalue weighted by Gasteiger charge is -2.14. The highest BCUT2D eigenvalue weighted by Crippen LogP contribution is 2.33. The van der Waals surface area contributed by atoms with E-state index in [4.69, 9.17) is 4.98 Å². The van der Waals surface area contributed by atoms with Gasteiger partial charge in [-0.3, -0.25) is 4.98 Å². The molecule has 6 nitrogen and oxygen atoms in total. The van der Waals surface area contributed by atoms with Gasteiger partial charge in [-0.05, 0) is 48.9 Å². The van der Waals surface area contributed by atoms with Gasteiger partial charge in [0.15, 0.2) is 0 Å². The summed E-state index contributed by atoms with van der Waals surface area (Å²) in [6.45, 7) is 4.45. The van der Waals surface area contributed by atoms with Crippen LogP contribution in [0.4, 0.5) is 10.1 Å². The molecule has 4 heterocycles. The fourth-order valence-corrected chi connectivity index (χ4v) is 3.76. The quantitative estimate of drug-likeness (QED) is 0.381. The van der Waals surface area contributed by atoms with Crippen LogP contribution >= 0.6 is 0 Å². The second kappa shape index (κ2) is 8.26. The molecule has 0 saturated heterocycles. The Labute approximate surface area is 185 Å². The number of nitrogens with one attached hydrogen (secondary N) is 2. The van der Waals surface area contributed by atoms with Crippen molar-refractivity contribution in [2.45, 2.75) is 26.8 Å². The Morgan fingerprint density at radius 1 is 1.03 bits per heavy atom. The van der Waals surface area contributed by atoms with Gasteiger partial charge in [0.1, 0.15) is 17.3 Å². The van der Waals surface area contributed by atoms with Crippen molar-refractivity contribution in [1.82, 2.24) is 24.3 Å². The minimum absolute atomic E-state index is 0.223. The normalized spacial score (nSPS) is 11.2. The molecule has 4 aromatic heterocycles. The number of imidazole rings is 2. The second-order valence-electron chi connectivity index (χ2n) is 7.76. The van der Waals surface area contributed by atoms with E-state index in [2.05, 4.69) is 33.3 Å². The number of aromatic amines is 1. The van der Waals surface area contributed by atoms with Crippen LogP contribution in [0.3, 0.4) is 0 Å². The third-order valence-electron chi connectivity index (χ3n) is 5.52. The summed E-state index contributed by atoms with van der Waals surface area (Å²) in [5.41, 5.74) is 7.00. The van der Waals surface area contributed by atoms with Crippen LogP contribution < -0.4 is 5.32 Å². The summed E-state index contributed by atoms with van der Waals surface area (Å²) in [6, 6.07) is 11.2. The van der Waals surface area contributed by atoms with Crippen molar-refractivity contribution in [1.29, 1.82) is 0 Å². The maximum absolute atomic E-state index is 13.9. The summed E-state index contributed by atoms with van der Waals surface area (Å²) in [4.78, 5) is 16.8. The zero-order valence-electron chi connectivity index (χ0n) is 17.9. The SMILES string of the molecule is CCc1ncc(CNc2cnc(-c3ccc(F)c(C)c3)c(-c3ccc4nccn4c3)c2)[nH]1. The second-order valence-corrected chi connectivity index (χ2v) is 7.76. The molecule has 0 amide bonds. The van der Waals surface area contributed by atoms with E-state index in [-0.39, 0.29) is 5.82 Å². The van der Waals surface area contributed by atoms with Crippen LogP contribution in [0, 0.1) is 12.7 Å². The molecule has 0 atom stereocenters. The minimum atomic E-state index is -0.223. The number of hydrogen-bond donors (Lipinski definition) is 2. The first-order valence-corrected chi connectivity index (χ1v) is 10.6. The van der Waals surface area contributed by atoms with Crippen LogP contribution in [-0.4, -0.2) is 24.3 Å². The van der Waals surface area contributed by atoms with Crippen molar-refractivity contribution in [3.63, 3.8) is 0 Å². The van der Waals surface area contributed by atoms with Crippen molar-refractivity contribution < 1.29 is 4.39 Å². The van der Waals surface area contributed by atoms with E-state index in [0.29, 0.717) is 12.1 Å². The molecule has 160 valence electrons. The Morgan fingerprint density at radius 3 is 2.72 bits per heavy atom. The predicted molar refractivity (Wildman–Crippen MR) is 124 cm³/mol. The van der Waals surface area contributed by atoms with E-state index in [1.165, 1.54) is 6.07 Å². The fraction of sp³-hybridized carbons (Fsp3) is 0.160. The minimum Gasteiger partial charge on any atom is -0.378 e. The van der Waals surface area contributed by atoms with Crippen LogP contribution in [-0.2, 0) is 13.0 Å². The van der Waals surface area contributed by atoms with Crippen LogP contribution in [0.2, 0.25) is 0 Å². The van der Waals surface area contributed by atoms with Gasteiger partial charge in [0.25, 0.3) is 0 Å². The number of fused-ring (bicyclic) bond motifs is 1. The molecule has 0 spiro atoms. The molecule has 32 heavy (non-hydrogen) atoms. The van der Waals surface area contributed by atoms with E-state index in [1.54, 1.807) is 19.2 Å². The van der Waals surface area contributed by atoms with Gasteiger partial charge in [-0.15, -0.1) is 0 Å². The smallest absolute Gasteiger partial charge is 0.136 e. The van der Waals surface area contributed by atoms with E-state index in [1.807, 2.05) is 47.4 Å². The Bertz CT molecular complexity index is 1400. The maximum atomic E-state index is 13.9. The number of aromatic nitrogens is 5. The highest BCUT2D eigenvalue weighted by Gasteiger charge is 2.13. The topological polar surface area (TPSA) is 70.9 Å². The lowest BCUT2D eigenvalue weighted by molar-refractivity contribution is 0.619. The number of halogens is 1. The zero-order valence-corrected chi connectivity index (χ0v) is 17.9. The molecule has 0 fully saturated rings. The third-order valence-corrected chi connectivity index (χ3v) is 5.52. The molecule has 5 rings (SSSR count). The van der Waals surface area contributed by atoms with Crippen LogP contribution in [0.25, 0.3) is 28.0 Å². The van der Waals surface area contributed by atoms with Gasteiger partial charge in [-0.1, -0.05) is 6.92 Å². The summed E-state index contributed by atoms with van der Waals surface area (Å²) in [5, 5.41) is 3.43. The molecule has 0 radical (unpaired) electrons. The highest BCUT2D eigenvalue weighted by molar-refractivity contribution is 5.83. The number of H-pyrrole nitrogens is 1. The number of anilines is 1. The predicted octanol–water partition coefficient (Wildman–Crippen LogP) is 5.41. The third kappa shape index (κ3) is 3.85. The molecule has 0 unspecified atom stereocenters. The van der Waals surface area contributed by atoms with Gasteiger partial charge >= 0.3 is 0 Å². The van der Waals surface area contributed by atoms with Crippen molar-refractivity contribution >= 4 is 11.3 Å². The molecule has 0 aliphatic heterocycles. The van der Waals surface area contributed by atoms with Crippen molar-refractivity contribution in [3.05, 3.63) is 90.3 Å². The van der Waals surface area contributed by atoms with Crippen LogP contribution in [0.5, 0.6) is 0 Å². The van der Waals surface area contributed by atoms with Crippen molar-refractivity contribution in [3.8, 4) is 22.4 Å². The molecule has 0 saturated carbocycles. The van der Waals surface area contributed by atoms with Gasteiger partial charge in [-0.2, -0.15) is 0 Å². The number of aryl methyl sites for hydroxylation is 2. The molecule has 1 aromatic carbocycles. The number of benzene rings is 1. The van der Waals surface area contributed by atoms with E-state index in [0.717, 1.165) is 51.7 Å². The summed E-state index contributed by atoms with van der Waals surface area (Å²) in [7, 11) is 0. The molecular formula is C25H23FN6. The van der Waals surface area contributed by atoms with Gasteiger partial charge in [0.2, 0.25) is 0 Å². The highest BCUT2D eigenvalue weighted by atomic mass is 19.1. The summed E-state index contributed by atoms with van der Waals surface area (Å²) < 4.78 is 15.9. The van der Waals surface area contributed by atoms with E-state index < -0.39 is 0 Å². The molecule has 0 aliphatic carbocycles. The number of rotatable bonds is 6. The number of hydrogen-bond acceptors (Lipinski definition) is 4. The average Bonchev–Trinajstić information content (AvgIpc) is 3.48. The summed E-state index contributed by atoms with van der Waals surface area (Å²) in [6.07, 6.45) is 10.3. The monoisotopic (exact) mass is 426 g/mol. The first-order chi connectivity index (χ1) is 15.6. The Hall–Kier alpha value is -4.00. The van der Waals surface area contributed by atoms with Crippen molar-refractivity contribution in [2.24, 2.45) is 0 Å². The Kier molecular flexibility index (Phi) is 5.15. The Morgan fingerprint density at radius 2 is 1.91 bits per heavy atom. The molecule has 0 aliphatic rings. The molecule has 0 bridgehead atoms. The molecule has 5 aromatic rings. The summed E-state index contributed by atoms with van der Waals surface area (Å²) >= 11 is 0. The number of pyridine rings is 2. The summed E-state index contributed by atoms with van der Waals surface area (Å²) in [5.74, 6) is 0.746. The van der Waals surface area contributed by atoms with Gasteiger partial charge < -0.3 is 14.7 Å². The Balaban J connectivity index is 1.55. The molecular weight excluding hydrogens is 403 g/mol. The van der Waals surface area contributed by atoms with Gasteiger partial charge in [0.05, 0.1) is 36.0 Å². The largest absolute Gasteiger partial charge is 0.378 e. The lowest BCUT2D eigenvalue weighted by Crippen LogP contribution is -2.02. The van der Waals surface area contributed by atoms with Crippen molar-refractivity contribution in [2.75, 3.05) is 5.32 Å².